The number of hydrogen-bond donors (Lipinski definition) is 10. The van der Waals surface area contributed by atoms with E-state index >= 15 is 0 Å². The molecule has 262 valence electrons. The van der Waals surface area contributed by atoms with Crippen LogP contribution in [0.3, 0.4) is 0 Å². The maximum Gasteiger partial charge on any atom is 0.186 e. The number of carbonyl (C=O) groups is 1. The molecule has 18 atom stereocenters. The summed E-state index contributed by atoms with van der Waals surface area (Å²) in [6.45, 7) is 3.85. The second-order valence-corrected chi connectivity index (χ2v) is 16.0. The van der Waals surface area contributed by atoms with Gasteiger partial charge in [0.15, 0.2) is 12.1 Å². The first-order chi connectivity index (χ1) is 21.5. The van der Waals surface area contributed by atoms with Crippen molar-refractivity contribution in [1.29, 1.82) is 0 Å². The van der Waals surface area contributed by atoms with E-state index in [1.807, 2.05) is 13.8 Å². The van der Waals surface area contributed by atoms with Crippen molar-refractivity contribution in [3.05, 3.63) is 11.6 Å². The fourth-order valence-corrected chi connectivity index (χ4v) is 10.9. The molecule has 0 amide bonds. The summed E-state index contributed by atoms with van der Waals surface area (Å²) in [6, 6.07) is 0. The molecule has 0 spiro atoms. The summed E-state index contributed by atoms with van der Waals surface area (Å²) in [5.41, 5.74) is -3.78. The van der Waals surface area contributed by atoms with Gasteiger partial charge in [0.1, 0.15) is 30.0 Å². The van der Waals surface area contributed by atoms with Gasteiger partial charge in [-0.05, 0) is 62.2 Å². The van der Waals surface area contributed by atoms with Gasteiger partial charge in [0.2, 0.25) is 0 Å². The van der Waals surface area contributed by atoms with Crippen molar-refractivity contribution >= 4 is 5.78 Å². The smallest absolute Gasteiger partial charge is 0.186 e. The lowest BCUT2D eigenvalue weighted by molar-refractivity contribution is -0.304. The minimum Gasteiger partial charge on any atom is -0.396 e. The molecule has 0 bridgehead atoms. The molecular weight excluding hydrogens is 604 g/mol. The molecule has 5 fully saturated rings. The van der Waals surface area contributed by atoms with Gasteiger partial charge in [-0.15, -0.1) is 0 Å². The lowest BCUT2D eigenvalue weighted by Crippen LogP contribution is -2.62. The van der Waals surface area contributed by atoms with Gasteiger partial charge < -0.3 is 60.5 Å². The molecule has 13 heteroatoms. The van der Waals surface area contributed by atoms with Gasteiger partial charge in [0.25, 0.3) is 0 Å². The SMILES string of the molecule is CC(O)(C(=O)C1CC1(CO)COC1OC(CO)C(O)C(O)C1O)C1C(O)CC2C3CC=C4CC(O)CC(O)C4(C)C3C(O)CC21C. The molecule has 10 N–H and O–H groups in total. The molecule has 18 unspecified atom stereocenters. The van der Waals surface area contributed by atoms with Crippen LogP contribution in [0.4, 0.5) is 0 Å². The highest BCUT2D eigenvalue weighted by atomic mass is 16.7. The van der Waals surface area contributed by atoms with E-state index in [1.165, 1.54) is 6.92 Å². The van der Waals surface area contributed by atoms with E-state index in [-0.39, 0.29) is 43.6 Å². The number of aliphatic hydroxyl groups excluding tert-OH is 9. The van der Waals surface area contributed by atoms with Gasteiger partial charge in [-0.1, -0.05) is 25.5 Å². The summed E-state index contributed by atoms with van der Waals surface area (Å²) in [4.78, 5) is 14.1. The topological polar surface area (TPSA) is 238 Å². The van der Waals surface area contributed by atoms with Crippen LogP contribution < -0.4 is 0 Å². The van der Waals surface area contributed by atoms with Crippen molar-refractivity contribution in [3.8, 4) is 0 Å². The zero-order valence-electron chi connectivity index (χ0n) is 26.7. The third kappa shape index (κ3) is 4.99. The number of hydrogen-bond acceptors (Lipinski definition) is 13. The van der Waals surface area contributed by atoms with Crippen LogP contribution in [0.1, 0.15) is 59.3 Å². The first-order valence-corrected chi connectivity index (χ1v) is 16.7. The van der Waals surface area contributed by atoms with Crippen LogP contribution in [0.5, 0.6) is 0 Å². The first kappa shape index (κ1) is 34.8. The van der Waals surface area contributed by atoms with Crippen LogP contribution in [0.25, 0.3) is 0 Å². The largest absolute Gasteiger partial charge is 0.396 e. The Balaban J connectivity index is 1.20. The highest BCUT2D eigenvalue weighted by molar-refractivity contribution is 5.92. The van der Waals surface area contributed by atoms with E-state index in [9.17, 15) is 55.9 Å². The molecule has 1 aliphatic heterocycles. The predicted octanol–water partition coefficient (Wildman–Crippen LogP) is -2.03. The Kier molecular flexibility index (Phi) is 8.90. The van der Waals surface area contributed by atoms with Crippen LogP contribution in [0.2, 0.25) is 0 Å². The van der Waals surface area contributed by atoms with Gasteiger partial charge in [0.05, 0.1) is 44.2 Å². The first-order valence-electron chi connectivity index (χ1n) is 16.7. The Bertz CT molecular complexity index is 1210. The molecule has 1 saturated heterocycles. The number of Topliss-reactive ketones (excluding diaryl/α,β-unsaturated/α-hetero) is 1. The Morgan fingerprint density at radius 1 is 1.00 bits per heavy atom. The van der Waals surface area contributed by atoms with Crippen molar-refractivity contribution in [2.45, 2.75) is 120 Å². The molecule has 6 rings (SSSR count). The lowest BCUT2D eigenvalue weighted by Gasteiger charge is -2.61. The quantitative estimate of drug-likeness (QED) is 0.127. The number of fused-ring (bicyclic) bond motifs is 5. The fraction of sp³-hybridized carbons (Fsp3) is 0.909. The molecule has 5 aliphatic carbocycles. The number of allylic oxidation sites excluding steroid dienone is 1. The van der Waals surface area contributed by atoms with E-state index in [4.69, 9.17) is 9.47 Å². The Labute approximate surface area is 268 Å². The van der Waals surface area contributed by atoms with Gasteiger partial charge in [0, 0.05) is 29.1 Å². The van der Waals surface area contributed by atoms with Gasteiger partial charge >= 0.3 is 0 Å². The highest BCUT2D eigenvalue weighted by Gasteiger charge is 2.71. The fourth-order valence-electron chi connectivity index (χ4n) is 10.9. The highest BCUT2D eigenvalue weighted by Crippen LogP contribution is 2.68. The summed E-state index contributed by atoms with van der Waals surface area (Å²) in [5.74, 6) is -2.95. The second-order valence-electron chi connectivity index (χ2n) is 16.0. The molecule has 6 aliphatic rings. The molecular formula is C33H52O13. The monoisotopic (exact) mass is 656 g/mol. The molecule has 0 aromatic rings. The number of rotatable bonds is 8. The maximum absolute atomic E-state index is 14.1. The van der Waals surface area contributed by atoms with E-state index in [0.29, 0.717) is 19.3 Å². The van der Waals surface area contributed by atoms with Gasteiger partial charge in [-0.2, -0.15) is 0 Å². The van der Waals surface area contributed by atoms with Crippen LogP contribution in [0, 0.1) is 45.8 Å². The van der Waals surface area contributed by atoms with Gasteiger partial charge in [-0.25, -0.2) is 0 Å². The van der Waals surface area contributed by atoms with E-state index in [2.05, 4.69) is 6.08 Å². The van der Waals surface area contributed by atoms with Gasteiger partial charge in [-0.3, -0.25) is 4.79 Å². The average molecular weight is 657 g/mol. The number of aliphatic hydroxyl groups is 10. The minimum atomic E-state index is -2.03. The zero-order chi connectivity index (χ0) is 33.7. The molecule has 46 heavy (non-hydrogen) atoms. The molecule has 0 aromatic heterocycles. The van der Waals surface area contributed by atoms with Crippen molar-refractivity contribution in [3.63, 3.8) is 0 Å². The molecule has 13 nitrogen and oxygen atoms in total. The average Bonchev–Trinajstić information content (AvgIpc) is 3.64. The van der Waals surface area contributed by atoms with E-state index in [0.717, 1.165) is 5.57 Å². The summed E-state index contributed by atoms with van der Waals surface area (Å²) in [6.07, 6.45) is -6.93. The van der Waals surface area contributed by atoms with E-state index < -0.39 is 108 Å². The maximum atomic E-state index is 14.1. The van der Waals surface area contributed by atoms with Crippen LogP contribution in [-0.4, -0.2) is 137 Å². The van der Waals surface area contributed by atoms with Crippen LogP contribution >= 0.6 is 0 Å². The second kappa shape index (κ2) is 11.8. The third-order valence-corrected chi connectivity index (χ3v) is 13.5. The normalized spacial score (nSPS) is 54.6. The molecule has 0 radical (unpaired) electrons. The number of carbonyl (C=O) groups excluding carboxylic acids is 1. The molecule has 4 saturated carbocycles. The number of ether oxygens (including phenoxy) is 2. The molecule has 0 aromatic carbocycles. The number of ketones is 1. The van der Waals surface area contributed by atoms with Crippen molar-refractivity contribution in [1.82, 2.24) is 0 Å². The third-order valence-electron chi connectivity index (χ3n) is 13.5. The summed E-state index contributed by atoms with van der Waals surface area (Å²) in [7, 11) is 0. The Hall–Kier alpha value is -1.07. The van der Waals surface area contributed by atoms with Crippen LogP contribution in [-0.2, 0) is 14.3 Å². The molecule has 1 heterocycles. The predicted molar refractivity (Wildman–Crippen MR) is 158 cm³/mol. The van der Waals surface area contributed by atoms with Crippen LogP contribution in [0.15, 0.2) is 11.6 Å². The van der Waals surface area contributed by atoms with E-state index in [1.54, 1.807) is 0 Å². The summed E-state index contributed by atoms with van der Waals surface area (Å²) >= 11 is 0. The zero-order valence-corrected chi connectivity index (χ0v) is 26.7. The summed E-state index contributed by atoms with van der Waals surface area (Å²) < 4.78 is 11.1. The summed E-state index contributed by atoms with van der Waals surface area (Å²) in [5, 5.41) is 107. The lowest BCUT2D eigenvalue weighted by atomic mass is 9.45. The van der Waals surface area contributed by atoms with Crippen molar-refractivity contribution in [2.75, 3.05) is 19.8 Å². The van der Waals surface area contributed by atoms with Crippen molar-refractivity contribution in [2.24, 2.45) is 45.8 Å². The Morgan fingerprint density at radius 3 is 2.35 bits per heavy atom. The van der Waals surface area contributed by atoms with Crippen molar-refractivity contribution < 1.29 is 65.3 Å². The minimum absolute atomic E-state index is 0.123. The Morgan fingerprint density at radius 2 is 1.70 bits per heavy atom. The standard InChI is InChI=1S/C33H52O13/c1-30-10-20(38)23-16(5-4-14-6-15(36)7-22(39)31(14,23)2)17(30)8-19(37)27(30)32(3,44)28(43)18-9-33(18,12-35)13-45-29-26(42)25(41)24(40)21(11-34)46-29/h4,15-27,29,34-42,44H,5-13H2,1-3H3.